The second-order valence-electron chi connectivity index (χ2n) is 4.18. The zero-order valence-corrected chi connectivity index (χ0v) is 9.60. The number of nitrogens with two attached hydrogens (primary N) is 1. The first kappa shape index (κ1) is 10.7. The van der Waals surface area contributed by atoms with E-state index >= 15 is 0 Å². The molecule has 0 aliphatic carbocycles. The van der Waals surface area contributed by atoms with Crippen LogP contribution in [0.1, 0.15) is 0 Å². The molecule has 0 bridgehead atoms. The molecule has 0 radical (unpaired) electrons. The second-order valence-corrected chi connectivity index (χ2v) is 4.18. The first-order chi connectivity index (χ1) is 8.72. The van der Waals surface area contributed by atoms with Crippen molar-refractivity contribution in [2.75, 3.05) is 5.73 Å². The fourth-order valence-corrected chi connectivity index (χ4v) is 1.98. The van der Waals surface area contributed by atoms with Gasteiger partial charge in [-0.15, -0.1) is 0 Å². The number of rotatable bonds is 1. The molecule has 0 aliphatic rings. The van der Waals surface area contributed by atoms with E-state index in [1.165, 1.54) is 12.1 Å². The van der Waals surface area contributed by atoms with Crippen LogP contribution in [0.3, 0.4) is 0 Å². The molecule has 0 unspecified atom stereocenters. The lowest BCUT2D eigenvalue weighted by molar-refractivity contribution is 0.628. The summed E-state index contributed by atoms with van der Waals surface area (Å²) in [6, 6.07) is 14.3. The molecule has 0 amide bonds. The maximum absolute atomic E-state index is 12.9. The van der Waals surface area contributed by atoms with Gasteiger partial charge in [0.25, 0.3) is 0 Å². The third kappa shape index (κ3) is 1.91. The zero-order valence-electron chi connectivity index (χ0n) is 9.60. The van der Waals surface area contributed by atoms with Gasteiger partial charge in [-0.3, -0.25) is 0 Å². The Morgan fingerprint density at radius 2 is 1.56 bits per heavy atom. The van der Waals surface area contributed by atoms with Crippen molar-refractivity contribution in [1.82, 2.24) is 4.98 Å². The van der Waals surface area contributed by atoms with Crippen molar-refractivity contribution >= 4 is 16.6 Å². The van der Waals surface area contributed by atoms with Crippen molar-refractivity contribution in [3.63, 3.8) is 0 Å². The number of aromatic nitrogens is 1. The molecule has 2 aromatic carbocycles. The number of hydrogen-bond donors (Lipinski definition) is 1. The Kier molecular flexibility index (Phi) is 2.45. The monoisotopic (exact) mass is 238 g/mol. The van der Waals surface area contributed by atoms with Crippen molar-refractivity contribution in [1.29, 1.82) is 0 Å². The lowest BCUT2D eigenvalue weighted by Gasteiger charge is -2.04. The van der Waals surface area contributed by atoms with Crippen LogP contribution in [-0.4, -0.2) is 4.98 Å². The lowest BCUT2D eigenvalue weighted by Crippen LogP contribution is -1.89. The van der Waals surface area contributed by atoms with Crippen LogP contribution < -0.4 is 5.73 Å². The highest BCUT2D eigenvalue weighted by molar-refractivity contribution is 5.88. The molecule has 18 heavy (non-hydrogen) atoms. The highest BCUT2D eigenvalue weighted by Gasteiger charge is 2.01. The van der Waals surface area contributed by atoms with Gasteiger partial charge in [-0.25, -0.2) is 9.37 Å². The van der Waals surface area contributed by atoms with E-state index in [9.17, 15) is 4.39 Å². The number of anilines is 1. The Morgan fingerprint density at radius 1 is 0.833 bits per heavy atom. The van der Waals surface area contributed by atoms with Gasteiger partial charge < -0.3 is 5.73 Å². The SMILES string of the molecule is Nc1cc2ccc(-c3ccc(F)cc3)cc2cn1. The molecule has 0 saturated carbocycles. The summed E-state index contributed by atoms with van der Waals surface area (Å²) >= 11 is 0. The summed E-state index contributed by atoms with van der Waals surface area (Å²) in [4.78, 5) is 4.07. The standard InChI is InChI=1S/C15H11FN2/c16-14-5-3-10(4-6-14)11-1-2-12-8-15(17)18-9-13(12)7-11/h1-9H,(H2,17,18). The van der Waals surface area contributed by atoms with E-state index < -0.39 is 0 Å². The molecule has 1 heterocycles. The van der Waals surface area contributed by atoms with E-state index in [2.05, 4.69) is 4.98 Å². The van der Waals surface area contributed by atoms with Crippen LogP contribution in [0.2, 0.25) is 0 Å². The van der Waals surface area contributed by atoms with Crippen LogP contribution in [-0.2, 0) is 0 Å². The first-order valence-electron chi connectivity index (χ1n) is 5.63. The molecule has 3 aromatic rings. The number of benzene rings is 2. The topological polar surface area (TPSA) is 38.9 Å². The van der Waals surface area contributed by atoms with Crippen LogP contribution in [0, 0.1) is 5.82 Å². The predicted octanol–water partition coefficient (Wildman–Crippen LogP) is 3.62. The molecule has 3 rings (SSSR count). The number of hydrogen-bond acceptors (Lipinski definition) is 2. The van der Waals surface area contributed by atoms with Gasteiger partial charge in [-0.2, -0.15) is 0 Å². The van der Waals surface area contributed by atoms with Gasteiger partial charge >= 0.3 is 0 Å². The summed E-state index contributed by atoms with van der Waals surface area (Å²) in [5, 5.41) is 2.07. The molecular formula is C15H11FN2. The summed E-state index contributed by atoms with van der Waals surface area (Å²) in [5.41, 5.74) is 7.65. The van der Waals surface area contributed by atoms with Gasteiger partial charge in [0, 0.05) is 11.6 Å². The molecular weight excluding hydrogens is 227 g/mol. The normalized spacial score (nSPS) is 10.7. The highest BCUT2D eigenvalue weighted by Crippen LogP contribution is 2.24. The first-order valence-corrected chi connectivity index (χ1v) is 5.63. The quantitative estimate of drug-likeness (QED) is 0.703. The third-order valence-electron chi connectivity index (χ3n) is 2.92. The maximum atomic E-state index is 12.9. The second kappa shape index (κ2) is 4.11. The Labute approximate surface area is 104 Å². The fraction of sp³-hybridized carbons (Fsp3) is 0. The minimum Gasteiger partial charge on any atom is -0.384 e. The van der Waals surface area contributed by atoms with E-state index in [1.807, 2.05) is 24.3 Å². The van der Waals surface area contributed by atoms with E-state index in [-0.39, 0.29) is 5.82 Å². The van der Waals surface area contributed by atoms with Gasteiger partial charge in [-0.1, -0.05) is 24.3 Å². The zero-order chi connectivity index (χ0) is 12.5. The minimum absolute atomic E-state index is 0.228. The lowest BCUT2D eigenvalue weighted by atomic mass is 10.0. The fourth-order valence-electron chi connectivity index (χ4n) is 1.98. The average Bonchev–Trinajstić information content (AvgIpc) is 2.39. The van der Waals surface area contributed by atoms with E-state index in [0.29, 0.717) is 5.82 Å². The highest BCUT2D eigenvalue weighted by atomic mass is 19.1. The van der Waals surface area contributed by atoms with Gasteiger partial charge in [0.2, 0.25) is 0 Å². The summed E-state index contributed by atoms with van der Waals surface area (Å²) in [5.74, 6) is 0.283. The summed E-state index contributed by atoms with van der Waals surface area (Å²) < 4.78 is 12.9. The molecule has 88 valence electrons. The van der Waals surface area contributed by atoms with Gasteiger partial charge in [0.05, 0.1) is 0 Å². The minimum atomic E-state index is -0.228. The summed E-state index contributed by atoms with van der Waals surface area (Å²) in [7, 11) is 0. The molecule has 0 spiro atoms. The predicted molar refractivity (Wildman–Crippen MR) is 71.5 cm³/mol. The van der Waals surface area contributed by atoms with Crippen LogP contribution >= 0.6 is 0 Å². The largest absolute Gasteiger partial charge is 0.384 e. The summed E-state index contributed by atoms with van der Waals surface area (Å²) in [6.45, 7) is 0. The van der Waals surface area contributed by atoms with Gasteiger partial charge in [0.1, 0.15) is 11.6 Å². The number of halogens is 1. The molecule has 1 aromatic heterocycles. The molecule has 0 atom stereocenters. The molecule has 2 N–H and O–H groups in total. The molecule has 2 nitrogen and oxygen atoms in total. The van der Waals surface area contributed by atoms with E-state index in [4.69, 9.17) is 5.73 Å². The van der Waals surface area contributed by atoms with Gasteiger partial charge in [-0.05, 0) is 40.8 Å². The maximum Gasteiger partial charge on any atom is 0.123 e. The number of fused-ring (bicyclic) bond motifs is 1. The number of nitrogens with zero attached hydrogens (tertiary/aromatic N) is 1. The Hall–Kier alpha value is -2.42. The Bertz CT molecular complexity index is 705. The van der Waals surface area contributed by atoms with E-state index in [1.54, 1.807) is 18.3 Å². The van der Waals surface area contributed by atoms with Crippen molar-refractivity contribution in [2.45, 2.75) is 0 Å². The van der Waals surface area contributed by atoms with Crippen molar-refractivity contribution in [3.05, 3.63) is 60.5 Å². The molecule has 0 fully saturated rings. The Balaban J connectivity index is 2.13. The molecule has 0 aliphatic heterocycles. The van der Waals surface area contributed by atoms with Crippen LogP contribution in [0.4, 0.5) is 10.2 Å². The average molecular weight is 238 g/mol. The van der Waals surface area contributed by atoms with Crippen LogP contribution in [0.15, 0.2) is 54.7 Å². The van der Waals surface area contributed by atoms with Crippen molar-refractivity contribution in [3.8, 4) is 11.1 Å². The Morgan fingerprint density at radius 3 is 2.33 bits per heavy atom. The van der Waals surface area contributed by atoms with Crippen LogP contribution in [0.5, 0.6) is 0 Å². The molecule has 0 saturated heterocycles. The summed E-state index contributed by atoms with van der Waals surface area (Å²) in [6.07, 6.45) is 1.75. The third-order valence-corrected chi connectivity index (χ3v) is 2.92. The smallest absolute Gasteiger partial charge is 0.123 e. The number of pyridine rings is 1. The van der Waals surface area contributed by atoms with Crippen LogP contribution in [0.25, 0.3) is 21.9 Å². The van der Waals surface area contributed by atoms with Crippen molar-refractivity contribution < 1.29 is 4.39 Å². The van der Waals surface area contributed by atoms with Gasteiger partial charge in [0.15, 0.2) is 0 Å². The molecule has 3 heteroatoms. The number of nitrogen functional groups attached to an aromatic ring is 1. The van der Waals surface area contributed by atoms with E-state index in [0.717, 1.165) is 21.9 Å². The van der Waals surface area contributed by atoms with Crippen molar-refractivity contribution in [2.24, 2.45) is 0 Å².